The summed E-state index contributed by atoms with van der Waals surface area (Å²) in [5.74, 6) is 4.47. The zero-order valence-electron chi connectivity index (χ0n) is 7.54. The van der Waals surface area contributed by atoms with Crippen molar-refractivity contribution >= 4 is 27.9 Å². The topological polar surface area (TPSA) is 43.4 Å². The lowest BCUT2D eigenvalue weighted by atomic mass is 10.1. The van der Waals surface area contributed by atoms with Crippen LogP contribution in [0.2, 0.25) is 0 Å². The van der Waals surface area contributed by atoms with Crippen LogP contribution in [0.5, 0.6) is 0 Å². The van der Waals surface area contributed by atoms with Gasteiger partial charge in [-0.15, -0.1) is 0 Å². The number of benzene rings is 1. The Morgan fingerprint density at radius 2 is 1.93 bits per heavy atom. The monoisotopic (exact) mass is 264 g/mol. The van der Waals surface area contributed by atoms with Gasteiger partial charge in [0.25, 0.3) is 0 Å². The van der Waals surface area contributed by atoms with Gasteiger partial charge < -0.3 is 4.74 Å². The van der Waals surface area contributed by atoms with Gasteiger partial charge >= 0.3 is 11.9 Å². The van der Waals surface area contributed by atoms with E-state index in [1.54, 1.807) is 18.2 Å². The van der Waals surface area contributed by atoms with E-state index in [0.29, 0.717) is 22.0 Å². The zero-order chi connectivity index (χ0) is 10.8. The number of esters is 2. The lowest BCUT2D eigenvalue weighted by Crippen LogP contribution is -1.96. The number of hydrogen-bond donors (Lipinski definition) is 0. The van der Waals surface area contributed by atoms with Crippen LogP contribution < -0.4 is 0 Å². The van der Waals surface area contributed by atoms with Crippen molar-refractivity contribution < 1.29 is 14.3 Å². The standard InChI is InChI=1S/C11H5BrO3/c12-5-1-2-7-3-4-8-9(6-7)11(14)15-10(8)13/h3-4,6H,5H2. The Morgan fingerprint density at radius 1 is 1.20 bits per heavy atom. The number of carbonyl (C=O) groups is 2. The zero-order valence-corrected chi connectivity index (χ0v) is 9.13. The normalized spacial score (nSPS) is 12.9. The number of halogens is 1. The molecule has 1 aromatic carbocycles. The fourth-order valence-corrected chi connectivity index (χ4v) is 1.44. The van der Waals surface area contributed by atoms with Crippen LogP contribution in [0, 0.1) is 11.8 Å². The second-order valence-electron chi connectivity index (χ2n) is 2.87. The predicted octanol–water partition coefficient (Wildman–Crippen LogP) is 1.74. The summed E-state index contributed by atoms with van der Waals surface area (Å²) in [7, 11) is 0. The summed E-state index contributed by atoms with van der Waals surface area (Å²) < 4.78 is 4.46. The first-order valence-corrected chi connectivity index (χ1v) is 5.30. The fourth-order valence-electron chi connectivity index (χ4n) is 1.30. The van der Waals surface area contributed by atoms with Crippen molar-refractivity contribution in [3.63, 3.8) is 0 Å². The van der Waals surface area contributed by atoms with E-state index in [1.807, 2.05) is 0 Å². The SMILES string of the molecule is O=C1OC(=O)c2cc(C#CCBr)ccc21. The van der Waals surface area contributed by atoms with Crippen molar-refractivity contribution in [2.45, 2.75) is 0 Å². The van der Waals surface area contributed by atoms with Gasteiger partial charge in [0.1, 0.15) is 0 Å². The van der Waals surface area contributed by atoms with Crippen LogP contribution in [0.15, 0.2) is 18.2 Å². The molecule has 0 unspecified atom stereocenters. The predicted molar refractivity (Wildman–Crippen MR) is 56.9 cm³/mol. The van der Waals surface area contributed by atoms with Crippen LogP contribution in [-0.4, -0.2) is 17.3 Å². The molecule has 0 aliphatic carbocycles. The number of hydrogen-bond acceptors (Lipinski definition) is 3. The van der Waals surface area contributed by atoms with Crippen molar-refractivity contribution in [2.24, 2.45) is 0 Å². The fraction of sp³-hybridized carbons (Fsp3) is 0.0909. The lowest BCUT2D eigenvalue weighted by Gasteiger charge is -1.92. The maximum Gasteiger partial charge on any atom is 0.346 e. The third-order valence-electron chi connectivity index (χ3n) is 1.94. The Kier molecular flexibility index (Phi) is 2.57. The largest absolute Gasteiger partial charge is 0.386 e. The van der Waals surface area contributed by atoms with E-state index in [-0.39, 0.29) is 0 Å². The van der Waals surface area contributed by atoms with Crippen molar-refractivity contribution in [1.29, 1.82) is 0 Å². The summed E-state index contributed by atoms with van der Waals surface area (Å²) in [4.78, 5) is 22.3. The quantitative estimate of drug-likeness (QED) is 0.310. The smallest absolute Gasteiger partial charge is 0.346 e. The molecule has 0 saturated carbocycles. The van der Waals surface area contributed by atoms with Gasteiger partial charge in [0.05, 0.1) is 16.5 Å². The molecule has 1 aliphatic heterocycles. The van der Waals surface area contributed by atoms with Gasteiger partial charge in [0, 0.05) is 5.56 Å². The van der Waals surface area contributed by atoms with E-state index in [2.05, 4.69) is 32.5 Å². The van der Waals surface area contributed by atoms with E-state index >= 15 is 0 Å². The second-order valence-corrected chi connectivity index (χ2v) is 3.43. The van der Waals surface area contributed by atoms with Gasteiger partial charge in [-0.05, 0) is 18.2 Å². The lowest BCUT2D eigenvalue weighted by molar-refractivity contribution is 0.0444. The highest BCUT2D eigenvalue weighted by molar-refractivity contribution is 9.09. The molecule has 3 nitrogen and oxygen atoms in total. The minimum absolute atomic E-state index is 0.293. The Labute approximate surface area is 94.6 Å². The minimum atomic E-state index is -0.600. The Morgan fingerprint density at radius 3 is 2.67 bits per heavy atom. The van der Waals surface area contributed by atoms with Crippen LogP contribution in [0.1, 0.15) is 26.3 Å². The van der Waals surface area contributed by atoms with Gasteiger partial charge in [-0.3, -0.25) is 0 Å². The van der Waals surface area contributed by atoms with E-state index in [1.165, 1.54) is 0 Å². The third kappa shape index (κ3) is 1.79. The molecule has 1 aromatic rings. The Bertz CT molecular complexity index is 508. The summed E-state index contributed by atoms with van der Waals surface area (Å²) in [6, 6.07) is 4.81. The van der Waals surface area contributed by atoms with Gasteiger partial charge in [-0.25, -0.2) is 9.59 Å². The van der Waals surface area contributed by atoms with Gasteiger partial charge in [0.15, 0.2) is 0 Å². The average molecular weight is 265 g/mol. The number of alkyl halides is 1. The molecular formula is C11H5BrO3. The average Bonchev–Trinajstić information content (AvgIpc) is 2.52. The highest BCUT2D eigenvalue weighted by Gasteiger charge is 2.29. The molecule has 0 spiro atoms. The van der Waals surface area contributed by atoms with Crippen molar-refractivity contribution in [2.75, 3.05) is 5.33 Å². The van der Waals surface area contributed by atoms with Gasteiger partial charge in [0.2, 0.25) is 0 Å². The molecule has 0 saturated heterocycles. The van der Waals surface area contributed by atoms with Crippen molar-refractivity contribution in [3.05, 3.63) is 34.9 Å². The molecule has 74 valence electrons. The van der Waals surface area contributed by atoms with E-state index in [4.69, 9.17) is 0 Å². The maximum atomic E-state index is 11.2. The summed E-state index contributed by atoms with van der Waals surface area (Å²) in [6.45, 7) is 0. The molecule has 15 heavy (non-hydrogen) atoms. The van der Waals surface area contributed by atoms with E-state index in [0.717, 1.165) is 0 Å². The number of ether oxygens (including phenoxy) is 1. The van der Waals surface area contributed by atoms with Crippen LogP contribution in [0.25, 0.3) is 0 Å². The molecule has 4 heteroatoms. The Balaban J connectivity index is 2.47. The maximum absolute atomic E-state index is 11.2. The highest BCUT2D eigenvalue weighted by atomic mass is 79.9. The molecule has 0 bridgehead atoms. The molecule has 0 fully saturated rings. The van der Waals surface area contributed by atoms with E-state index < -0.39 is 11.9 Å². The summed E-state index contributed by atoms with van der Waals surface area (Å²) in [5, 5.41) is 0.563. The summed E-state index contributed by atoms with van der Waals surface area (Å²) in [5.41, 5.74) is 1.30. The number of rotatable bonds is 0. The van der Waals surface area contributed by atoms with Crippen LogP contribution >= 0.6 is 15.9 Å². The van der Waals surface area contributed by atoms with E-state index in [9.17, 15) is 9.59 Å². The molecule has 0 atom stereocenters. The Hall–Kier alpha value is -1.60. The van der Waals surface area contributed by atoms with Gasteiger partial charge in [-0.2, -0.15) is 0 Å². The molecule has 0 N–H and O–H groups in total. The minimum Gasteiger partial charge on any atom is -0.386 e. The van der Waals surface area contributed by atoms with Crippen LogP contribution in [0.4, 0.5) is 0 Å². The highest BCUT2D eigenvalue weighted by Crippen LogP contribution is 2.20. The number of carbonyl (C=O) groups excluding carboxylic acids is 2. The summed E-state index contributed by atoms with van der Waals surface area (Å²) >= 11 is 3.17. The molecule has 1 aliphatic rings. The first-order valence-electron chi connectivity index (χ1n) is 4.18. The molecule has 2 rings (SSSR count). The van der Waals surface area contributed by atoms with Gasteiger partial charge in [-0.1, -0.05) is 27.8 Å². The van der Waals surface area contributed by atoms with Crippen LogP contribution in [-0.2, 0) is 4.74 Å². The van der Waals surface area contributed by atoms with Crippen LogP contribution in [0.3, 0.4) is 0 Å². The molecule has 0 aromatic heterocycles. The molecule has 1 heterocycles. The molecular weight excluding hydrogens is 260 g/mol. The number of fused-ring (bicyclic) bond motifs is 1. The molecule has 0 amide bonds. The molecule has 0 radical (unpaired) electrons. The van der Waals surface area contributed by atoms with Crippen molar-refractivity contribution in [3.8, 4) is 11.8 Å². The first-order chi connectivity index (χ1) is 7.22. The van der Waals surface area contributed by atoms with Crippen molar-refractivity contribution in [1.82, 2.24) is 0 Å². The summed E-state index contributed by atoms with van der Waals surface area (Å²) in [6.07, 6.45) is 0. The number of cyclic esters (lactones) is 2. The first kappa shape index (κ1) is 9.94. The third-order valence-corrected chi connectivity index (χ3v) is 2.22. The second kappa shape index (κ2) is 3.87.